The molecule has 0 saturated heterocycles. The quantitative estimate of drug-likeness (QED) is 0.695. The third kappa shape index (κ3) is 2.94. The van der Waals surface area contributed by atoms with Crippen LogP contribution < -0.4 is 5.32 Å². The molecule has 70 valence electrons. The lowest BCUT2D eigenvalue weighted by Gasteiger charge is -2.07. The maximum absolute atomic E-state index is 3.37. The molecule has 0 bridgehead atoms. The predicted molar refractivity (Wildman–Crippen MR) is 59.2 cm³/mol. The van der Waals surface area contributed by atoms with Crippen LogP contribution in [0.4, 0.5) is 5.69 Å². The largest absolute Gasteiger partial charge is 0.381 e. The van der Waals surface area contributed by atoms with Gasteiger partial charge in [-0.2, -0.15) is 0 Å². The Morgan fingerprint density at radius 2 is 2.08 bits per heavy atom. The molecule has 1 aromatic rings. The van der Waals surface area contributed by atoms with Crippen LogP contribution in [-0.2, 0) is 0 Å². The van der Waals surface area contributed by atoms with Crippen molar-refractivity contribution in [2.24, 2.45) is 0 Å². The van der Waals surface area contributed by atoms with Crippen LogP contribution in [0.5, 0.6) is 0 Å². The van der Waals surface area contributed by atoms with Gasteiger partial charge in [-0.1, -0.05) is 24.3 Å². The molecule has 0 amide bonds. The number of aryl methyl sites for hydroxylation is 2. The first-order valence-electron chi connectivity index (χ1n) is 4.66. The van der Waals surface area contributed by atoms with Crippen LogP contribution in [0.25, 0.3) is 0 Å². The van der Waals surface area contributed by atoms with E-state index in [1.165, 1.54) is 16.8 Å². The molecule has 0 unspecified atom stereocenters. The lowest BCUT2D eigenvalue weighted by molar-refractivity contribution is 1.28. The molecule has 1 rings (SSSR count). The Hall–Kier alpha value is -1.24. The molecule has 0 fully saturated rings. The second-order valence-corrected chi connectivity index (χ2v) is 3.27. The second-order valence-electron chi connectivity index (χ2n) is 3.27. The normalized spacial score (nSPS) is 10.7. The van der Waals surface area contributed by atoms with Gasteiger partial charge in [0.15, 0.2) is 0 Å². The number of benzene rings is 1. The molecule has 1 aromatic carbocycles. The van der Waals surface area contributed by atoms with E-state index in [1.54, 1.807) is 0 Å². The van der Waals surface area contributed by atoms with E-state index in [2.05, 4.69) is 49.5 Å². The third-order valence-corrected chi connectivity index (χ3v) is 2.04. The summed E-state index contributed by atoms with van der Waals surface area (Å²) in [6.07, 6.45) is 4.17. The molecule has 0 aliphatic rings. The average Bonchev–Trinajstić information content (AvgIpc) is 2.11. The molecule has 13 heavy (non-hydrogen) atoms. The molecular formula is C12H17N. The van der Waals surface area contributed by atoms with Crippen molar-refractivity contribution in [1.29, 1.82) is 0 Å². The molecular weight excluding hydrogens is 158 g/mol. The summed E-state index contributed by atoms with van der Waals surface area (Å²) in [5.74, 6) is 0. The van der Waals surface area contributed by atoms with Gasteiger partial charge in [0, 0.05) is 12.2 Å². The standard InChI is InChI=1S/C12H17N/c1-4-5-8-13-12-9-10(2)6-7-11(12)3/h4-7,9,13H,8H2,1-3H3/b5-4+. The number of nitrogens with one attached hydrogen (secondary N) is 1. The minimum absolute atomic E-state index is 0.904. The lowest BCUT2D eigenvalue weighted by atomic mass is 10.1. The molecule has 0 radical (unpaired) electrons. The van der Waals surface area contributed by atoms with E-state index in [-0.39, 0.29) is 0 Å². The summed E-state index contributed by atoms with van der Waals surface area (Å²) < 4.78 is 0. The Morgan fingerprint density at radius 1 is 1.31 bits per heavy atom. The van der Waals surface area contributed by atoms with Crippen LogP contribution in [0, 0.1) is 13.8 Å². The fourth-order valence-electron chi connectivity index (χ4n) is 1.21. The lowest BCUT2D eigenvalue weighted by Crippen LogP contribution is -2.00. The van der Waals surface area contributed by atoms with Crippen molar-refractivity contribution in [3.8, 4) is 0 Å². The van der Waals surface area contributed by atoms with Crippen molar-refractivity contribution >= 4 is 5.69 Å². The third-order valence-electron chi connectivity index (χ3n) is 2.04. The Bertz CT molecular complexity index is 300. The minimum Gasteiger partial charge on any atom is -0.381 e. The summed E-state index contributed by atoms with van der Waals surface area (Å²) in [6.45, 7) is 7.17. The van der Waals surface area contributed by atoms with Crippen LogP contribution in [0.3, 0.4) is 0 Å². The first-order chi connectivity index (χ1) is 6.24. The smallest absolute Gasteiger partial charge is 0.0374 e. The first kappa shape index (κ1) is 9.85. The van der Waals surface area contributed by atoms with E-state index >= 15 is 0 Å². The van der Waals surface area contributed by atoms with Gasteiger partial charge < -0.3 is 5.32 Å². The van der Waals surface area contributed by atoms with Gasteiger partial charge in [0.2, 0.25) is 0 Å². The average molecular weight is 175 g/mol. The number of hydrogen-bond donors (Lipinski definition) is 1. The topological polar surface area (TPSA) is 12.0 Å². The number of allylic oxidation sites excluding steroid dienone is 1. The highest BCUT2D eigenvalue weighted by atomic mass is 14.9. The van der Waals surface area contributed by atoms with Crippen LogP contribution >= 0.6 is 0 Å². The zero-order valence-electron chi connectivity index (χ0n) is 8.59. The van der Waals surface area contributed by atoms with Gasteiger partial charge in [0.05, 0.1) is 0 Å². The van der Waals surface area contributed by atoms with Crippen molar-refractivity contribution in [3.63, 3.8) is 0 Å². The second kappa shape index (κ2) is 4.70. The number of rotatable bonds is 3. The monoisotopic (exact) mass is 175 g/mol. The summed E-state index contributed by atoms with van der Waals surface area (Å²) in [6, 6.07) is 6.46. The Balaban J connectivity index is 2.69. The summed E-state index contributed by atoms with van der Waals surface area (Å²) in [4.78, 5) is 0. The van der Waals surface area contributed by atoms with E-state index in [1.807, 2.05) is 6.92 Å². The summed E-state index contributed by atoms with van der Waals surface area (Å²) in [7, 11) is 0. The summed E-state index contributed by atoms with van der Waals surface area (Å²) in [5, 5.41) is 3.37. The van der Waals surface area contributed by atoms with Crippen LogP contribution in [-0.4, -0.2) is 6.54 Å². The van der Waals surface area contributed by atoms with Crippen molar-refractivity contribution in [1.82, 2.24) is 0 Å². The minimum atomic E-state index is 0.904. The van der Waals surface area contributed by atoms with E-state index in [0.29, 0.717) is 0 Å². The van der Waals surface area contributed by atoms with E-state index in [0.717, 1.165) is 6.54 Å². The fourth-order valence-corrected chi connectivity index (χ4v) is 1.21. The van der Waals surface area contributed by atoms with E-state index in [9.17, 15) is 0 Å². The van der Waals surface area contributed by atoms with Crippen molar-refractivity contribution in [2.45, 2.75) is 20.8 Å². The highest BCUT2D eigenvalue weighted by Gasteiger charge is 1.95. The van der Waals surface area contributed by atoms with Gasteiger partial charge >= 0.3 is 0 Å². The zero-order chi connectivity index (χ0) is 9.68. The molecule has 0 saturated carbocycles. The Kier molecular flexibility index (Phi) is 3.56. The van der Waals surface area contributed by atoms with E-state index in [4.69, 9.17) is 0 Å². The highest BCUT2D eigenvalue weighted by molar-refractivity contribution is 5.52. The fraction of sp³-hybridized carbons (Fsp3) is 0.333. The molecule has 0 aliphatic heterocycles. The Labute approximate surface area is 80.5 Å². The number of hydrogen-bond acceptors (Lipinski definition) is 1. The first-order valence-corrected chi connectivity index (χ1v) is 4.66. The van der Waals surface area contributed by atoms with Crippen LogP contribution in [0.15, 0.2) is 30.4 Å². The molecule has 0 heterocycles. The van der Waals surface area contributed by atoms with Gasteiger partial charge in [-0.3, -0.25) is 0 Å². The molecule has 1 nitrogen and oxygen atoms in total. The maximum atomic E-state index is 3.37. The molecule has 0 atom stereocenters. The van der Waals surface area contributed by atoms with Crippen molar-refractivity contribution in [2.75, 3.05) is 11.9 Å². The molecule has 0 aliphatic carbocycles. The maximum Gasteiger partial charge on any atom is 0.0374 e. The van der Waals surface area contributed by atoms with Gasteiger partial charge in [-0.15, -0.1) is 0 Å². The van der Waals surface area contributed by atoms with Crippen molar-refractivity contribution in [3.05, 3.63) is 41.5 Å². The van der Waals surface area contributed by atoms with Crippen molar-refractivity contribution < 1.29 is 0 Å². The molecule has 1 heteroatoms. The van der Waals surface area contributed by atoms with E-state index < -0.39 is 0 Å². The zero-order valence-corrected chi connectivity index (χ0v) is 8.59. The number of anilines is 1. The highest BCUT2D eigenvalue weighted by Crippen LogP contribution is 2.15. The Morgan fingerprint density at radius 3 is 2.77 bits per heavy atom. The predicted octanol–water partition coefficient (Wildman–Crippen LogP) is 3.29. The van der Waals surface area contributed by atoms with Gasteiger partial charge in [0.25, 0.3) is 0 Å². The summed E-state index contributed by atoms with van der Waals surface area (Å²) in [5.41, 5.74) is 3.83. The van der Waals surface area contributed by atoms with Gasteiger partial charge in [0.1, 0.15) is 0 Å². The van der Waals surface area contributed by atoms with Gasteiger partial charge in [-0.05, 0) is 38.0 Å². The molecule has 0 aromatic heterocycles. The van der Waals surface area contributed by atoms with Crippen LogP contribution in [0.1, 0.15) is 18.1 Å². The SMILES string of the molecule is C/C=C/CNc1cc(C)ccc1C. The molecule has 1 N–H and O–H groups in total. The van der Waals surface area contributed by atoms with Gasteiger partial charge in [-0.25, -0.2) is 0 Å². The van der Waals surface area contributed by atoms with Crippen LogP contribution in [0.2, 0.25) is 0 Å². The molecule has 0 spiro atoms. The summed E-state index contributed by atoms with van der Waals surface area (Å²) >= 11 is 0.